The van der Waals surface area contributed by atoms with E-state index in [1.54, 1.807) is 11.5 Å². The zero-order valence-corrected chi connectivity index (χ0v) is 16.4. The van der Waals surface area contributed by atoms with E-state index in [-0.39, 0.29) is 29.5 Å². The Morgan fingerprint density at radius 1 is 1.14 bits per heavy atom. The molecule has 1 atom stereocenters. The normalized spacial score (nSPS) is 16.1. The molecule has 0 N–H and O–H groups in total. The van der Waals surface area contributed by atoms with Gasteiger partial charge in [0.15, 0.2) is 16.9 Å². The second-order valence-corrected chi connectivity index (χ2v) is 7.06. The average molecular weight is 398 g/mol. The Morgan fingerprint density at radius 3 is 2.45 bits per heavy atom. The van der Waals surface area contributed by atoms with Crippen LogP contribution < -0.4 is 16.3 Å². The summed E-state index contributed by atoms with van der Waals surface area (Å²) >= 11 is 0. The maximum Gasteiger partial charge on any atom is 0.332 e. The van der Waals surface area contributed by atoms with Gasteiger partial charge in [0, 0.05) is 19.7 Å². The number of aromatic nitrogens is 4. The Morgan fingerprint density at radius 2 is 1.79 bits per heavy atom. The molecule has 0 amide bonds. The van der Waals surface area contributed by atoms with E-state index in [4.69, 9.17) is 0 Å². The van der Waals surface area contributed by atoms with Crippen LogP contribution in [0, 0.1) is 5.82 Å². The molecule has 29 heavy (non-hydrogen) atoms. The van der Waals surface area contributed by atoms with Crippen molar-refractivity contribution in [1.29, 1.82) is 0 Å². The van der Waals surface area contributed by atoms with Crippen molar-refractivity contribution in [3.8, 4) is 0 Å². The van der Waals surface area contributed by atoms with Gasteiger partial charge in [-0.05, 0) is 38.1 Å². The Hall–Kier alpha value is -3.56. The summed E-state index contributed by atoms with van der Waals surface area (Å²) in [5.41, 5.74) is 0.559. The standard InChI is InChI=1S/C19H19FN6O3/c1-10-11(2)26-15-16(23(3)19(29)24(4)17(15)28)21-18(26)25(22-10)9-14(27)12-5-7-13(20)8-6-12/h5-8,11H,9H2,1-4H3. The minimum absolute atomic E-state index is 0.146. The second-order valence-electron chi connectivity index (χ2n) is 7.06. The number of fused-ring (bicyclic) bond motifs is 3. The summed E-state index contributed by atoms with van der Waals surface area (Å²) in [5, 5.41) is 5.87. The van der Waals surface area contributed by atoms with E-state index in [1.807, 2.05) is 6.92 Å². The van der Waals surface area contributed by atoms with Crippen LogP contribution in [0.25, 0.3) is 11.2 Å². The predicted octanol–water partition coefficient (Wildman–Crippen LogP) is 1.21. The van der Waals surface area contributed by atoms with E-state index in [9.17, 15) is 18.8 Å². The number of anilines is 1. The van der Waals surface area contributed by atoms with Crippen LogP contribution >= 0.6 is 0 Å². The number of benzene rings is 1. The lowest BCUT2D eigenvalue weighted by molar-refractivity contribution is 0.0998. The maximum atomic E-state index is 13.1. The fourth-order valence-corrected chi connectivity index (χ4v) is 3.43. The number of rotatable bonds is 3. The Labute approximate surface area is 164 Å². The van der Waals surface area contributed by atoms with Crippen molar-refractivity contribution in [3.05, 3.63) is 56.5 Å². The molecule has 0 bridgehead atoms. The first-order chi connectivity index (χ1) is 13.7. The minimum Gasteiger partial charge on any atom is -0.294 e. The van der Waals surface area contributed by atoms with E-state index in [0.29, 0.717) is 17.2 Å². The quantitative estimate of drug-likeness (QED) is 0.618. The third kappa shape index (κ3) is 2.79. The van der Waals surface area contributed by atoms with Gasteiger partial charge in [0.25, 0.3) is 5.56 Å². The van der Waals surface area contributed by atoms with Gasteiger partial charge in [-0.3, -0.25) is 23.3 Å². The van der Waals surface area contributed by atoms with Crippen LogP contribution in [0.15, 0.2) is 39.0 Å². The number of ketones is 1. The summed E-state index contributed by atoms with van der Waals surface area (Å²) < 4.78 is 17.2. The summed E-state index contributed by atoms with van der Waals surface area (Å²) in [6, 6.07) is 4.97. The third-order valence-electron chi connectivity index (χ3n) is 5.23. The van der Waals surface area contributed by atoms with Crippen molar-refractivity contribution in [3.63, 3.8) is 0 Å². The van der Waals surface area contributed by atoms with Gasteiger partial charge in [0.1, 0.15) is 12.4 Å². The molecule has 10 heteroatoms. The van der Waals surface area contributed by atoms with Crippen molar-refractivity contribution < 1.29 is 9.18 Å². The zero-order valence-electron chi connectivity index (χ0n) is 16.4. The third-order valence-corrected chi connectivity index (χ3v) is 5.23. The number of carbonyl (C=O) groups is 1. The molecule has 0 aliphatic carbocycles. The van der Waals surface area contributed by atoms with Crippen molar-refractivity contribution in [2.75, 3.05) is 11.6 Å². The SMILES string of the molecule is CC1=NN(CC(=O)c2ccc(F)cc2)c2nc3c(c(=O)n(C)c(=O)n3C)n2C1C. The van der Waals surface area contributed by atoms with Crippen molar-refractivity contribution in [1.82, 2.24) is 18.7 Å². The number of carbonyl (C=O) groups excluding carboxylic acids is 1. The number of nitrogens with zero attached hydrogens (tertiary/aromatic N) is 6. The van der Waals surface area contributed by atoms with Gasteiger partial charge in [0.05, 0.1) is 11.8 Å². The molecule has 0 radical (unpaired) electrons. The molecule has 1 aliphatic heterocycles. The molecule has 0 saturated carbocycles. The van der Waals surface area contributed by atoms with E-state index in [1.165, 1.54) is 47.9 Å². The lowest BCUT2D eigenvalue weighted by Crippen LogP contribution is -2.39. The highest BCUT2D eigenvalue weighted by atomic mass is 19.1. The number of hydrazone groups is 1. The molecule has 3 heterocycles. The van der Waals surface area contributed by atoms with Gasteiger partial charge in [-0.25, -0.2) is 14.2 Å². The fraction of sp³-hybridized carbons (Fsp3) is 0.316. The first-order valence-corrected chi connectivity index (χ1v) is 9.00. The van der Waals surface area contributed by atoms with Gasteiger partial charge in [-0.15, -0.1) is 0 Å². The van der Waals surface area contributed by atoms with Crippen LogP contribution in [-0.2, 0) is 14.1 Å². The lowest BCUT2D eigenvalue weighted by atomic mass is 10.1. The van der Waals surface area contributed by atoms with Crippen LogP contribution in [0.3, 0.4) is 0 Å². The number of Topliss-reactive ketones (excluding diaryl/α,β-unsaturated/α-hetero) is 1. The number of imidazole rings is 1. The lowest BCUT2D eigenvalue weighted by Gasteiger charge is -2.28. The van der Waals surface area contributed by atoms with E-state index in [0.717, 1.165) is 4.57 Å². The minimum atomic E-state index is -0.489. The smallest absolute Gasteiger partial charge is 0.294 e. The summed E-state index contributed by atoms with van der Waals surface area (Å²) in [6.45, 7) is 3.52. The highest BCUT2D eigenvalue weighted by molar-refractivity contribution is 6.00. The molecule has 9 nitrogen and oxygen atoms in total. The van der Waals surface area contributed by atoms with Gasteiger partial charge in [-0.2, -0.15) is 10.1 Å². The van der Waals surface area contributed by atoms with Crippen LogP contribution in [0.5, 0.6) is 0 Å². The molecular formula is C19H19FN6O3. The molecule has 2 aromatic heterocycles. The second kappa shape index (κ2) is 6.50. The molecule has 3 aromatic rings. The number of hydrogen-bond acceptors (Lipinski definition) is 6. The topological polar surface area (TPSA) is 94.5 Å². The predicted molar refractivity (Wildman–Crippen MR) is 106 cm³/mol. The van der Waals surface area contributed by atoms with Crippen molar-refractivity contribution >= 4 is 28.6 Å². The summed E-state index contributed by atoms with van der Waals surface area (Å²) in [6.07, 6.45) is 0. The van der Waals surface area contributed by atoms with Gasteiger partial charge < -0.3 is 0 Å². The van der Waals surface area contributed by atoms with Crippen LogP contribution in [0.1, 0.15) is 30.2 Å². The first-order valence-electron chi connectivity index (χ1n) is 9.00. The monoisotopic (exact) mass is 398 g/mol. The molecule has 150 valence electrons. The molecule has 4 rings (SSSR count). The van der Waals surface area contributed by atoms with Crippen molar-refractivity contribution in [2.45, 2.75) is 19.9 Å². The number of aryl methyl sites for hydroxylation is 1. The molecule has 1 aliphatic rings. The highest BCUT2D eigenvalue weighted by Gasteiger charge is 2.31. The van der Waals surface area contributed by atoms with E-state index < -0.39 is 17.1 Å². The molecule has 1 unspecified atom stereocenters. The highest BCUT2D eigenvalue weighted by Crippen LogP contribution is 2.29. The molecule has 0 saturated heterocycles. The average Bonchev–Trinajstić information content (AvgIpc) is 3.10. The number of halogens is 1. The Kier molecular flexibility index (Phi) is 4.21. The Bertz CT molecular complexity index is 1300. The van der Waals surface area contributed by atoms with Gasteiger partial charge >= 0.3 is 5.69 Å². The van der Waals surface area contributed by atoms with Gasteiger partial charge in [-0.1, -0.05) is 0 Å². The van der Waals surface area contributed by atoms with Crippen molar-refractivity contribution in [2.24, 2.45) is 19.2 Å². The summed E-state index contributed by atoms with van der Waals surface area (Å²) in [4.78, 5) is 42.2. The van der Waals surface area contributed by atoms with Crippen LogP contribution in [0.2, 0.25) is 0 Å². The summed E-state index contributed by atoms with van der Waals surface area (Å²) in [5.74, 6) is -0.413. The first kappa shape index (κ1) is 18.8. The fourth-order valence-electron chi connectivity index (χ4n) is 3.43. The number of hydrogen-bond donors (Lipinski definition) is 0. The molecule has 1 aromatic carbocycles. The summed E-state index contributed by atoms with van der Waals surface area (Å²) in [7, 11) is 2.95. The van der Waals surface area contributed by atoms with Gasteiger partial charge in [0.2, 0.25) is 5.95 Å². The molecular weight excluding hydrogens is 379 g/mol. The van der Waals surface area contributed by atoms with E-state index in [2.05, 4.69) is 10.1 Å². The van der Waals surface area contributed by atoms with Crippen LogP contribution in [0.4, 0.5) is 10.3 Å². The molecule has 0 fully saturated rings. The Balaban J connectivity index is 1.87. The maximum absolute atomic E-state index is 13.1. The largest absolute Gasteiger partial charge is 0.332 e. The van der Waals surface area contributed by atoms with Crippen LogP contribution in [-0.4, -0.2) is 36.7 Å². The zero-order chi connectivity index (χ0) is 21.0. The molecule has 0 spiro atoms. The van der Waals surface area contributed by atoms with E-state index >= 15 is 0 Å².